The monoisotopic (exact) mass is 726 g/mol. The molecule has 1 radical (unpaired) electrons. The minimum absolute atomic E-state index is 0. The van der Waals surface area contributed by atoms with E-state index in [1.54, 1.807) is 18.5 Å². The SMILES string of the molecule is Fc1ccc2c(c1)oc1c(-c3nc4ccnnc4n3-c3ccccc3)[c-]ccc12.[Ir].[c-]1ccccc1-c1ccccn1. The molecule has 0 amide bonds. The van der Waals surface area contributed by atoms with Crippen LogP contribution in [0.25, 0.3) is 61.4 Å². The number of rotatable bonds is 3. The molecule has 4 aromatic heterocycles. The van der Waals surface area contributed by atoms with Crippen molar-refractivity contribution >= 4 is 33.1 Å². The van der Waals surface area contributed by atoms with Gasteiger partial charge in [0.15, 0.2) is 5.65 Å². The molecular formula is C34H20FIrN5O-2. The maximum atomic E-state index is 13.7. The largest absolute Gasteiger partial charge is 0.500 e. The number of hydrogen-bond donors (Lipinski definition) is 0. The molecule has 0 aliphatic carbocycles. The Bertz CT molecular complexity index is 2080. The second-order valence-corrected chi connectivity index (χ2v) is 9.18. The van der Waals surface area contributed by atoms with Crippen molar-refractivity contribution in [1.29, 1.82) is 0 Å². The molecule has 8 rings (SSSR count). The van der Waals surface area contributed by atoms with Crippen LogP contribution in [-0.2, 0) is 20.1 Å². The van der Waals surface area contributed by atoms with E-state index in [0.29, 0.717) is 33.7 Å². The zero-order chi connectivity index (χ0) is 27.6. The molecule has 0 unspecified atom stereocenters. The first-order chi connectivity index (χ1) is 20.3. The summed E-state index contributed by atoms with van der Waals surface area (Å²) in [5.41, 5.74) is 6.04. The van der Waals surface area contributed by atoms with E-state index in [2.05, 4.69) is 27.3 Å². The van der Waals surface area contributed by atoms with E-state index < -0.39 is 0 Å². The van der Waals surface area contributed by atoms with Crippen LogP contribution in [0, 0.1) is 17.9 Å². The van der Waals surface area contributed by atoms with E-state index >= 15 is 0 Å². The Morgan fingerprint density at radius 1 is 0.762 bits per heavy atom. The normalized spacial score (nSPS) is 10.8. The Labute approximate surface area is 253 Å². The van der Waals surface area contributed by atoms with E-state index in [4.69, 9.17) is 9.40 Å². The molecule has 0 bridgehead atoms. The van der Waals surface area contributed by atoms with Crippen LogP contribution in [0.3, 0.4) is 0 Å². The van der Waals surface area contributed by atoms with Gasteiger partial charge in [-0.3, -0.25) is 4.98 Å². The van der Waals surface area contributed by atoms with E-state index in [1.165, 1.54) is 12.1 Å². The quantitative estimate of drug-likeness (QED) is 0.174. The molecule has 0 aliphatic rings. The number of pyridine rings is 1. The van der Waals surface area contributed by atoms with Gasteiger partial charge in [0.25, 0.3) is 0 Å². The summed E-state index contributed by atoms with van der Waals surface area (Å²) in [6.07, 6.45) is 3.40. The van der Waals surface area contributed by atoms with Crippen LogP contribution in [0.5, 0.6) is 0 Å². The molecule has 205 valence electrons. The Balaban J connectivity index is 0.000000205. The number of hydrogen-bond acceptors (Lipinski definition) is 5. The molecule has 0 atom stereocenters. The summed E-state index contributed by atoms with van der Waals surface area (Å²) in [6.45, 7) is 0. The second-order valence-electron chi connectivity index (χ2n) is 9.18. The number of para-hydroxylation sites is 1. The van der Waals surface area contributed by atoms with Crippen molar-refractivity contribution in [2.45, 2.75) is 0 Å². The Morgan fingerprint density at radius 3 is 2.43 bits per heavy atom. The minimum atomic E-state index is -0.339. The first kappa shape index (κ1) is 27.1. The van der Waals surface area contributed by atoms with E-state index in [1.807, 2.05) is 95.6 Å². The fourth-order valence-electron chi connectivity index (χ4n) is 4.77. The number of fused-ring (bicyclic) bond motifs is 4. The zero-order valence-corrected chi connectivity index (χ0v) is 24.3. The number of nitrogens with zero attached hydrogens (tertiary/aromatic N) is 5. The van der Waals surface area contributed by atoms with Gasteiger partial charge in [0.05, 0.1) is 17.6 Å². The van der Waals surface area contributed by atoms with Crippen molar-refractivity contribution in [3.8, 4) is 28.3 Å². The average Bonchev–Trinajstić information content (AvgIpc) is 3.61. The average molecular weight is 726 g/mol. The maximum absolute atomic E-state index is 13.7. The van der Waals surface area contributed by atoms with Gasteiger partial charge < -0.3 is 14.0 Å². The summed E-state index contributed by atoms with van der Waals surface area (Å²) in [6, 6.07) is 40.0. The standard InChI is InChI=1S/C23H12FN4O.C11H8N.Ir/c24-14-9-10-16-17-7-4-8-18(21(17)29-20(16)13-14)22-26-19-11-12-25-27-23(19)28(22)15-5-2-1-3-6-15;1-2-6-10(7-3-1)11-8-4-5-9-12-11;/h1-7,9-13H;1-6,8-9H;/q2*-1;. The summed E-state index contributed by atoms with van der Waals surface area (Å²) >= 11 is 0. The van der Waals surface area contributed by atoms with Crippen LogP contribution in [-0.4, -0.2) is 24.7 Å². The summed E-state index contributed by atoms with van der Waals surface area (Å²) in [7, 11) is 0. The molecule has 0 aliphatic heterocycles. The molecule has 0 fully saturated rings. The predicted octanol–water partition coefficient (Wildman–Crippen LogP) is 7.87. The van der Waals surface area contributed by atoms with Gasteiger partial charge in [-0.25, -0.2) is 4.39 Å². The van der Waals surface area contributed by atoms with E-state index in [9.17, 15) is 4.39 Å². The van der Waals surface area contributed by atoms with Gasteiger partial charge in [0.2, 0.25) is 0 Å². The van der Waals surface area contributed by atoms with Gasteiger partial charge in [0, 0.05) is 43.4 Å². The molecule has 6 nitrogen and oxygen atoms in total. The smallest absolute Gasteiger partial charge is 0.178 e. The van der Waals surface area contributed by atoms with Crippen molar-refractivity contribution in [2.75, 3.05) is 0 Å². The molecule has 8 aromatic rings. The molecule has 8 heteroatoms. The minimum Gasteiger partial charge on any atom is -0.500 e. The first-order valence-electron chi connectivity index (χ1n) is 12.9. The molecule has 0 saturated carbocycles. The molecule has 0 N–H and O–H groups in total. The fourth-order valence-corrected chi connectivity index (χ4v) is 4.77. The molecule has 4 aromatic carbocycles. The number of furan rings is 1. The predicted molar refractivity (Wildman–Crippen MR) is 157 cm³/mol. The van der Waals surface area contributed by atoms with Crippen molar-refractivity contribution in [3.63, 3.8) is 0 Å². The van der Waals surface area contributed by atoms with Crippen LogP contribution in [0.4, 0.5) is 4.39 Å². The van der Waals surface area contributed by atoms with Gasteiger partial charge in [-0.2, -0.15) is 5.10 Å². The maximum Gasteiger partial charge on any atom is 0.178 e. The van der Waals surface area contributed by atoms with Crippen LogP contribution < -0.4 is 0 Å². The number of aromatic nitrogens is 5. The van der Waals surface area contributed by atoms with Crippen molar-refractivity contribution in [2.24, 2.45) is 0 Å². The van der Waals surface area contributed by atoms with Crippen molar-refractivity contribution in [3.05, 3.63) is 140 Å². The van der Waals surface area contributed by atoms with Crippen LogP contribution in [0.1, 0.15) is 0 Å². The van der Waals surface area contributed by atoms with Crippen molar-refractivity contribution in [1.82, 2.24) is 24.7 Å². The van der Waals surface area contributed by atoms with Gasteiger partial charge >= 0.3 is 0 Å². The van der Waals surface area contributed by atoms with Gasteiger partial charge in [-0.15, -0.1) is 59.2 Å². The summed E-state index contributed by atoms with van der Waals surface area (Å²) < 4.78 is 21.7. The Kier molecular flexibility index (Phi) is 7.64. The third-order valence-electron chi connectivity index (χ3n) is 6.61. The molecule has 42 heavy (non-hydrogen) atoms. The molecule has 0 spiro atoms. The Hall–Kier alpha value is -5.04. The number of benzene rings is 4. The summed E-state index contributed by atoms with van der Waals surface area (Å²) in [5.74, 6) is 0.297. The summed E-state index contributed by atoms with van der Waals surface area (Å²) in [5, 5.41) is 10.0. The van der Waals surface area contributed by atoms with Gasteiger partial charge in [-0.1, -0.05) is 41.3 Å². The number of imidazole rings is 1. The van der Waals surface area contributed by atoms with Crippen LogP contribution in [0.15, 0.2) is 126 Å². The molecule has 0 saturated heterocycles. The van der Waals surface area contributed by atoms with Gasteiger partial charge in [0.1, 0.15) is 16.9 Å². The number of halogens is 1. The third-order valence-corrected chi connectivity index (χ3v) is 6.61. The first-order valence-corrected chi connectivity index (χ1v) is 12.9. The van der Waals surface area contributed by atoms with E-state index in [-0.39, 0.29) is 25.9 Å². The molecule has 4 heterocycles. The van der Waals surface area contributed by atoms with Gasteiger partial charge in [-0.05, 0) is 42.1 Å². The topological polar surface area (TPSA) is 69.6 Å². The Morgan fingerprint density at radius 2 is 1.62 bits per heavy atom. The summed E-state index contributed by atoms with van der Waals surface area (Å²) in [4.78, 5) is 9.01. The third kappa shape index (κ3) is 5.09. The second kappa shape index (κ2) is 11.8. The van der Waals surface area contributed by atoms with Crippen LogP contribution in [0.2, 0.25) is 0 Å². The van der Waals surface area contributed by atoms with E-state index in [0.717, 1.165) is 27.7 Å². The molecular weight excluding hydrogens is 706 g/mol. The van der Waals surface area contributed by atoms with Crippen molar-refractivity contribution < 1.29 is 28.9 Å². The zero-order valence-electron chi connectivity index (χ0n) is 21.9. The fraction of sp³-hybridized carbons (Fsp3) is 0. The van der Waals surface area contributed by atoms with Crippen LogP contribution >= 0.6 is 0 Å².